The van der Waals surface area contributed by atoms with Crippen LogP contribution in [0.1, 0.15) is 31.0 Å². The van der Waals surface area contributed by atoms with Gasteiger partial charge in [-0.05, 0) is 11.5 Å². The molecule has 0 spiro atoms. The summed E-state index contributed by atoms with van der Waals surface area (Å²) >= 11 is 1.49. The monoisotopic (exact) mass is 332 g/mol. The molecule has 0 radical (unpaired) electrons. The summed E-state index contributed by atoms with van der Waals surface area (Å²) < 4.78 is 4.87. The molecule has 0 aliphatic heterocycles. The number of thiazole rings is 1. The number of carbonyl (C=O) groups is 2. The van der Waals surface area contributed by atoms with Crippen LogP contribution in [0.4, 0.5) is 0 Å². The second kappa shape index (κ2) is 7.87. The molecule has 23 heavy (non-hydrogen) atoms. The molecule has 0 unspecified atom stereocenters. The van der Waals surface area contributed by atoms with Crippen LogP contribution in [0.15, 0.2) is 29.6 Å². The van der Waals surface area contributed by atoms with E-state index in [0.29, 0.717) is 11.6 Å². The lowest BCUT2D eigenvalue weighted by atomic mass is 10.0. The van der Waals surface area contributed by atoms with Gasteiger partial charge in [0.1, 0.15) is 5.01 Å². The third-order valence-electron chi connectivity index (χ3n) is 3.34. The Morgan fingerprint density at radius 2 is 1.96 bits per heavy atom. The smallest absolute Gasteiger partial charge is 0.312 e. The summed E-state index contributed by atoms with van der Waals surface area (Å²) in [5.41, 5.74) is 2.97. The van der Waals surface area contributed by atoms with E-state index < -0.39 is 5.97 Å². The first-order chi connectivity index (χ1) is 11.0. The van der Waals surface area contributed by atoms with Gasteiger partial charge in [0.2, 0.25) is 0 Å². The number of carbonyl (C=O) groups excluding carboxylic acids is 2. The van der Waals surface area contributed by atoms with Crippen LogP contribution >= 0.6 is 11.3 Å². The highest BCUT2D eigenvalue weighted by molar-refractivity contribution is 7.13. The van der Waals surface area contributed by atoms with Crippen molar-refractivity contribution in [3.63, 3.8) is 0 Å². The van der Waals surface area contributed by atoms with Gasteiger partial charge in [-0.3, -0.25) is 9.59 Å². The summed E-state index contributed by atoms with van der Waals surface area (Å²) in [5.74, 6) is -0.297. The van der Waals surface area contributed by atoms with E-state index in [-0.39, 0.29) is 18.9 Å². The summed E-state index contributed by atoms with van der Waals surface area (Å²) in [6.07, 6.45) is 0.0670. The van der Waals surface area contributed by atoms with Gasteiger partial charge in [-0.2, -0.15) is 0 Å². The number of likely N-dealkylation sites (N-methyl/N-ethyl adjacent to an activating group) is 1. The summed E-state index contributed by atoms with van der Waals surface area (Å²) in [5, 5.41) is 5.10. The van der Waals surface area contributed by atoms with Crippen LogP contribution < -0.4 is 5.32 Å². The van der Waals surface area contributed by atoms with Crippen LogP contribution in [0.5, 0.6) is 0 Å². The fraction of sp³-hybridized carbons (Fsp3) is 0.353. The number of amides is 1. The molecule has 1 amide bonds. The van der Waals surface area contributed by atoms with Gasteiger partial charge in [-0.15, -0.1) is 11.3 Å². The summed E-state index contributed by atoms with van der Waals surface area (Å²) in [6.45, 7) is 4.05. The molecule has 5 nitrogen and oxygen atoms in total. The molecular formula is C17H20N2O3S. The zero-order valence-electron chi connectivity index (χ0n) is 13.5. The normalized spacial score (nSPS) is 10.6. The molecule has 0 aliphatic carbocycles. The van der Waals surface area contributed by atoms with E-state index >= 15 is 0 Å². The SMILES string of the molecule is CNC(=O)COC(=O)Cc1csc(-c2ccc(C(C)C)cc2)n1. The van der Waals surface area contributed by atoms with E-state index in [1.807, 2.05) is 17.5 Å². The predicted molar refractivity (Wildman–Crippen MR) is 90.4 cm³/mol. The van der Waals surface area contributed by atoms with Crippen molar-refractivity contribution in [1.82, 2.24) is 10.3 Å². The number of hydrogen-bond acceptors (Lipinski definition) is 5. The van der Waals surface area contributed by atoms with E-state index in [1.165, 1.54) is 23.9 Å². The van der Waals surface area contributed by atoms with Crippen LogP contribution in [0.2, 0.25) is 0 Å². The number of nitrogens with zero attached hydrogens (tertiary/aromatic N) is 1. The average molecular weight is 332 g/mol. The standard InChI is InChI=1S/C17H20N2O3S/c1-11(2)12-4-6-13(7-5-12)17-19-14(10-23-17)8-16(21)22-9-15(20)18-3/h4-7,10-11H,8-9H2,1-3H3,(H,18,20). The molecule has 122 valence electrons. The Balaban J connectivity index is 1.97. The molecule has 0 aliphatic rings. The van der Waals surface area contributed by atoms with Gasteiger partial charge in [0.15, 0.2) is 6.61 Å². The van der Waals surface area contributed by atoms with Crippen LogP contribution in [-0.2, 0) is 20.7 Å². The van der Waals surface area contributed by atoms with Crippen molar-refractivity contribution in [3.8, 4) is 10.6 Å². The van der Waals surface area contributed by atoms with Gasteiger partial charge in [-0.1, -0.05) is 38.1 Å². The third kappa shape index (κ3) is 4.89. The molecule has 0 saturated carbocycles. The van der Waals surface area contributed by atoms with Crippen molar-refractivity contribution in [3.05, 3.63) is 40.9 Å². The first-order valence-electron chi connectivity index (χ1n) is 7.40. The molecule has 1 aromatic carbocycles. The number of rotatable bonds is 6. The van der Waals surface area contributed by atoms with Crippen molar-refractivity contribution >= 4 is 23.2 Å². The first-order valence-corrected chi connectivity index (χ1v) is 8.28. The van der Waals surface area contributed by atoms with Crippen LogP contribution in [0.3, 0.4) is 0 Å². The van der Waals surface area contributed by atoms with Crippen molar-refractivity contribution in [2.45, 2.75) is 26.2 Å². The Labute approximate surface area is 139 Å². The molecular weight excluding hydrogens is 312 g/mol. The average Bonchev–Trinajstić information content (AvgIpc) is 3.01. The second-order valence-electron chi connectivity index (χ2n) is 5.43. The maximum atomic E-state index is 11.7. The van der Waals surface area contributed by atoms with Gasteiger partial charge in [0, 0.05) is 18.0 Å². The molecule has 0 saturated heterocycles. The zero-order valence-corrected chi connectivity index (χ0v) is 14.3. The van der Waals surface area contributed by atoms with Gasteiger partial charge < -0.3 is 10.1 Å². The summed E-state index contributed by atoms with van der Waals surface area (Å²) in [6, 6.07) is 8.28. The van der Waals surface area contributed by atoms with Crippen molar-refractivity contribution in [2.75, 3.05) is 13.7 Å². The minimum atomic E-state index is -0.458. The maximum absolute atomic E-state index is 11.7. The molecule has 1 N–H and O–H groups in total. The number of aromatic nitrogens is 1. The van der Waals surface area contributed by atoms with E-state index in [4.69, 9.17) is 4.74 Å². The minimum absolute atomic E-state index is 0.0670. The highest BCUT2D eigenvalue weighted by atomic mass is 32.1. The van der Waals surface area contributed by atoms with E-state index in [9.17, 15) is 9.59 Å². The van der Waals surface area contributed by atoms with Crippen molar-refractivity contribution in [1.29, 1.82) is 0 Å². The second-order valence-corrected chi connectivity index (χ2v) is 6.29. The summed E-state index contributed by atoms with van der Waals surface area (Å²) in [7, 11) is 1.49. The Morgan fingerprint density at radius 1 is 1.26 bits per heavy atom. The van der Waals surface area contributed by atoms with Crippen LogP contribution in [0.25, 0.3) is 10.6 Å². The van der Waals surface area contributed by atoms with Crippen molar-refractivity contribution in [2.24, 2.45) is 0 Å². The molecule has 0 atom stereocenters. The fourth-order valence-electron chi connectivity index (χ4n) is 1.95. The summed E-state index contributed by atoms with van der Waals surface area (Å²) in [4.78, 5) is 27.2. The van der Waals surface area contributed by atoms with Crippen LogP contribution in [0, 0.1) is 0 Å². The number of hydrogen-bond donors (Lipinski definition) is 1. The molecule has 0 fully saturated rings. The predicted octanol–water partition coefficient (Wildman–Crippen LogP) is 2.77. The Morgan fingerprint density at radius 3 is 2.57 bits per heavy atom. The Bertz CT molecular complexity index is 677. The topological polar surface area (TPSA) is 68.3 Å². The molecule has 1 heterocycles. The van der Waals surface area contributed by atoms with Gasteiger partial charge in [0.05, 0.1) is 12.1 Å². The van der Waals surface area contributed by atoms with E-state index in [0.717, 1.165) is 10.6 Å². The fourth-order valence-corrected chi connectivity index (χ4v) is 2.77. The molecule has 2 rings (SSSR count). The highest BCUT2D eigenvalue weighted by Gasteiger charge is 2.11. The quantitative estimate of drug-likeness (QED) is 0.826. The van der Waals surface area contributed by atoms with E-state index in [2.05, 4.69) is 36.3 Å². The van der Waals surface area contributed by atoms with E-state index in [1.54, 1.807) is 0 Å². The van der Waals surface area contributed by atoms with Gasteiger partial charge in [0.25, 0.3) is 5.91 Å². The minimum Gasteiger partial charge on any atom is -0.455 e. The molecule has 1 aromatic heterocycles. The van der Waals surface area contributed by atoms with Gasteiger partial charge in [-0.25, -0.2) is 4.98 Å². The lowest BCUT2D eigenvalue weighted by Crippen LogP contribution is -2.25. The molecule has 2 aromatic rings. The largest absolute Gasteiger partial charge is 0.455 e. The van der Waals surface area contributed by atoms with Crippen molar-refractivity contribution < 1.29 is 14.3 Å². The third-order valence-corrected chi connectivity index (χ3v) is 4.28. The number of benzene rings is 1. The Hall–Kier alpha value is -2.21. The number of esters is 1. The lowest BCUT2D eigenvalue weighted by molar-refractivity contribution is -0.147. The first kappa shape index (κ1) is 17.1. The molecule has 6 heteroatoms. The molecule has 0 bridgehead atoms. The number of ether oxygens (including phenoxy) is 1. The lowest BCUT2D eigenvalue weighted by Gasteiger charge is -2.05. The number of nitrogens with one attached hydrogen (secondary N) is 1. The Kier molecular flexibility index (Phi) is 5.87. The zero-order chi connectivity index (χ0) is 16.8. The van der Waals surface area contributed by atoms with Gasteiger partial charge >= 0.3 is 5.97 Å². The van der Waals surface area contributed by atoms with Crippen LogP contribution in [-0.4, -0.2) is 30.5 Å². The highest BCUT2D eigenvalue weighted by Crippen LogP contribution is 2.26. The maximum Gasteiger partial charge on any atom is 0.312 e.